The van der Waals surface area contributed by atoms with Gasteiger partial charge in [0.1, 0.15) is 11.4 Å². The van der Waals surface area contributed by atoms with Crippen molar-refractivity contribution in [3.05, 3.63) is 24.3 Å². The Hall–Kier alpha value is -2.12. The molecule has 1 saturated heterocycles. The molecule has 1 aliphatic carbocycles. The molecular formula is C21H30N2O5. The average molecular weight is 390 g/mol. The lowest BCUT2D eigenvalue weighted by molar-refractivity contribution is -0.143. The Kier molecular flexibility index (Phi) is 6.91. The quantitative estimate of drug-likeness (QED) is 0.807. The fraction of sp³-hybridized carbons (Fsp3) is 0.619. The molecule has 2 aliphatic rings. The highest BCUT2D eigenvalue weighted by Gasteiger charge is 2.41. The zero-order valence-electron chi connectivity index (χ0n) is 16.7. The van der Waals surface area contributed by atoms with Crippen LogP contribution in [-0.2, 0) is 19.1 Å². The number of nitrogens with one attached hydrogen (secondary N) is 1. The second-order valence-electron chi connectivity index (χ2n) is 7.66. The first-order chi connectivity index (χ1) is 13.5. The second kappa shape index (κ2) is 9.39. The maximum absolute atomic E-state index is 12.8. The van der Waals surface area contributed by atoms with Crippen molar-refractivity contribution >= 4 is 17.5 Å². The van der Waals surface area contributed by atoms with E-state index in [-0.39, 0.29) is 18.4 Å². The zero-order chi connectivity index (χ0) is 20.0. The van der Waals surface area contributed by atoms with E-state index in [2.05, 4.69) is 12.2 Å². The van der Waals surface area contributed by atoms with Gasteiger partial charge in [-0.05, 0) is 49.4 Å². The number of methoxy groups -OCH3 is 1. The summed E-state index contributed by atoms with van der Waals surface area (Å²) in [5, 5.41) is 2.96. The highest BCUT2D eigenvalue weighted by atomic mass is 16.5. The van der Waals surface area contributed by atoms with Gasteiger partial charge in [-0.1, -0.05) is 13.3 Å². The predicted molar refractivity (Wildman–Crippen MR) is 105 cm³/mol. The fourth-order valence-electron chi connectivity index (χ4n) is 3.92. The van der Waals surface area contributed by atoms with Gasteiger partial charge in [0.05, 0.1) is 13.2 Å². The SMILES string of the molecule is COC1(C(=O)Nc2ccc(OCC(=O)N3CCOCC3)cc2)CCCC(C)C1. The summed E-state index contributed by atoms with van der Waals surface area (Å²) >= 11 is 0. The van der Waals surface area contributed by atoms with Crippen LogP contribution in [0.3, 0.4) is 0 Å². The summed E-state index contributed by atoms with van der Waals surface area (Å²) in [5.41, 5.74) is -0.0660. The third kappa shape index (κ3) is 5.02. The molecule has 1 aliphatic heterocycles. The molecule has 0 bridgehead atoms. The number of amides is 2. The first-order valence-electron chi connectivity index (χ1n) is 9.97. The van der Waals surface area contributed by atoms with Crippen molar-refractivity contribution in [3.63, 3.8) is 0 Å². The van der Waals surface area contributed by atoms with Gasteiger partial charge in [0, 0.05) is 25.9 Å². The Labute approximate surface area is 166 Å². The summed E-state index contributed by atoms with van der Waals surface area (Å²) in [6.45, 7) is 4.50. The largest absolute Gasteiger partial charge is 0.484 e. The monoisotopic (exact) mass is 390 g/mol. The first kappa shape index (κ1) is 20.6. The van der Waals surface area contributed by atoms with Gasteiger partial charge in [0.2, 0.25) is 0 Å². The molecule has 2 amide bonds. The van der Waals surface area contributed by atoms with Crippen LogP contribution in [0.1, 0.15) is 32.6 Å². The minimum Gasteiger partial charge on any atom is -0.484 e. The highest BCUT2D eigenvalue weighted by Crippen LogP contribution is 2.35. The third-order valence-electron chi connectivity index (χ3n) is 5.60. The molecule has 2 unspecified atom stereocenters. The smallest absolute Gasteiger partial charge is 0.260 e. The minimum absolute atomic E-state index is 0.00359. The number of anilines is 1. The molecule has 28 heavy (non-hydrogen) atoms. The van der Waals surface area contributed by atoms with Gasteiger partial charge in [-0.15, -0.1) is 0 Å². The molecule has 2 atom stereocenters. The Morgan fingerprint density at radius 1 is 1.25 bits per heavy atom. The maximum atomic E-state index is 12.8. The molecule has 1 aromatic rings. The van der Waals surface area contributed by atoms with E-state index < -0.39 is 5.60 Å². The molecule has 7 nitrogen and oxygen atoms in total. The summed E-state index contributed by atoms with van der Waals surface area (Å²) in [7, 11) is 1.61. The Balaban J connectivity index is 1.52. The molecule has 154 valence electrons. The lowest BCUT2D eigenvalue weighted by Gasteiger charge is -2.37. The number of ether oxygens (including phenoxy) is 3. The van der Waals surface area contributed by atoms with Crippen molar-refractivity contribution < 1.29 is 23.8 Å². The highest BCUT2D eigenvalue weighted by molar-refractivity contribution is 5.97. The van der Waals surface area contributed by atoms with Gasteiger partial charge < -0.3 is 24.4 Å². The van der Waals surface area contributed by atoms with Crippen molar-refractivity contribution in [2.75, 3.05) is 45.3 Å². The van der Waals surface area contributed by atoms with Gasteiger partial charge in [-0.2, -0.15) is 0 Å². The molecule has 0 radical (unpaired) electrons. The molecular weight excluding hydrogens is 360 g/mol. The van der Waals surface area contributed by atoms with Crippen molar-refractivity contribution in [2.45, 2.75) is 38.2 Å². The topological polar surface area (TPSA) is 77.1 Å². The molecule has 2 fully saturated rings. The van der Waals surface area contributed by atoms with Crippen LogP contribution in [-0.4, -0.2) is 62.3 Å². The number of morpholine rings is 1. The zero-order valence-corrected chi connectivity index (χ0v) is 16.7. The van der Waals surface area contributed by atoms with Crippen molar-refractivity contribution in [3.8, 4) is 5.75 Å². The fourth-order valence-corrected chi connectivity index (χ4v) is 3.92. The maximum Gasteiger partial charge on any atom is 0.260 e. The molecule has 1 heterocycles. The second-order valence-corrected chi connectivity index (χ2v) is 7.66. The van der Waals surface area contributed by atoms with Crippen LogP contribution in [0.2, 0.25) is 0 Å². The number of benzene rings is 1. The first-order valence-corrected chi connectivity index (χ1v) is 9.97. The van der Waals surface area contributed by atoms with Crippen LogP contribution >= 0.6 is 0 Å². The Morgan fingerprint density at radius 3 is 2.61 bits per heavy atom. The van der Waals surface area contributed by atoms with Gasteiger partial charge in [0.25, 0.3) is 11.8 Å². The normalized spacial score (nSPS) is 25.2. The van der Waals surface area contributed by atoms with Crippen LogP contribution in [0.15, 0.2) is 24.3 Å². The molecule has 1 aromatic carbocycles. The third-order valence-corrected chi connectivity index (χ3v) is 5.60. The van der Waals surface area contributed by atoms with Crippen LogP contribution in [0.4, 0.5) is 5.69 Å². The van der Waals surface area contributed by atoms with E-state index in [1.54, 1.807) is 36.3 Å². The van der Waals surface area contributed by atoms with Gasteiger partial charge in [-0.3, -0.25) is 9.59 Å². The van der Waals surface area contributed by atoms with Crippen molar-refractivity contribution in [1.29, 1.82) is 0 Å². The van der Waals surface area contributed by atoms with Gasteiger partial charge in [0.15, 0.2) is 6.61 Å². The predicted octanol–water partition coefficient (Wildman–Crippen LogP) is 2.46. The number of rotatable bonds is 6. The van der Waals surface area contributed by atoms with E-state index in [1.807, 2.05) is 0 Å². The molecule has 1 N–H and O–H groups in total. The lowest BCUT2D eigenvalue weighted by atomic mass is 9.78. The van der Waals surface area contributed by atoms with Crippen LogP contribution < -0.4 is 10.1 Å². The number of carbonyl (C=O) groups excluding carboxylic acids is 2. The lowest BCUT2D eigenvalue weighted by Crippen LogP contribution is -2.47. The van der Waals surface area contributed by atoms with E-state index in [0.717, 1.165) is 25.7 Å². The number of nitrogens with zero attached hydrogens (tertiary/aromatic N) is 1. The molecule has 0 spiro atoms. The Morgan fingerprint density at radius 2 is 1.96 bits per heavy atom. The molecule has 7 heteroatoms. The van der Waals surface area contributed by atoms with E-state index >= 15 is 0 Å². The molecule has 1 saturated carbocycles. The average Bonchev–Trinajstić information content (AvgIpc) is 2.73. The van der Waals surface area contributed by atoms with E-state index in [1.165, 1.54) is 0 Å². The summed E-state index contributed by atoms with van der Waals surface area (Å²) < 4.78 is 16.5. The number of hydrogen-bond donors (Lipinski definition) is 1. The van der Waals surface area contributed by atoms with Crippen LogP contribution in [0, 0.1) is 5.92 Å². The van der Waals surface area contributed by atoms with E-state index in [0.29, 0.717) is 43.7 Å². The van der Waals surface area contributed by atoms with Crippen molar-refractivity contribution in [2.24, 2.45) is 5.92 Å². The minimum atomic E-state index is -0.753. The van der Waals surface area contributed by atoms with Crippen LogP contribution in [0.5, 0.6) is 5.75 Å². The molecule has 0 aromatic heterocycles. The van der Waals surface area contributed by atoms with Gasteiger partial charge in [-0.25, -0.2) is 0 Å². The van der Waals surface area contributed by atoms with Crippen molar-refractivity contribution in [1.82, 2.24) is 4.90 Å². The summed E-state index contributed by atoms with van der Waals surface area (Å²) in [5.74, 6) is 0.915. The summed E-state index contributed by atoms with van der Waals surface area (Å²) in [4.78, 5) is 26.7. The van der Waals surface area contributed by atoms with E-state index in [4.69, 9.17) is 14.2 Å². The summed E-state index contributed by atoms with van der Waals surface area (Å²) in [6, 6.07) is 7.07. The summed E-state index contributed by atoms with van der Waals surface area (Å²) in [6.07, 6.45) is 3.60. The standard InChI is InChI=1S/C21H30N2O5/c1-16-4-3-9-21(14-16,26-2)20(25)22-17-5-7-18(8-6-17)28-15-19(24)23-10-12-27-13-11-23/h5-8,16H,3-4,9-15H2,1-2H3,(H,22,25). The molecule has 3 rings (SSSR count). The van der Waals surface area contributed by atoms with Gasteiger partial charge >= 0.3 is 0 Å². The Bertz CT molecular complexity index is 672. The number of hydrogen-bond acceptors (Lipinski definition) is 5. The van der Waals surface area contributed by atoms with Crippen LogP contribution in [0.25, 0.3) is 0 Å². The number of carbonyl (C=O) groups is 2. The van der Waals surface area contributed by atoms with E-state index in [9.17, 15) is 9.59 Å².